The van der Waals surface area contributed by atoms with E-state index in [1.165, 1.54) is 0 Å². The van der Waals surface area contributed by atoms with Crippen molar-refractivity contribution in [2.75, 3.05) is 32.8 Å². The number of carboxylic acids is 1. The third-order valence-corrected chi connectivity index (χ3v) is 3.49. The lowest BCUT2D eigenvalue weighted by molar-refractivity contribution is -0.143. The first kappa shape index (κ1) is 16.8. The van der Waals surface area contributed by atoms with Crippen molar-refractivity contribution >= 4 is 12.0 Å². The Balaban J connectivity index is 2.07. The number of rotatable bonds is 7. The number of carbonyl (C=O) groups excluding carboxylic acids is 1. The molecule has 6 heteroatoms. The van der Waals surface area contributed by atoms with Gasteiger partial charge in [0.15, 0.2) is 0 Å². The van der Waals surface area contributed by atoms with Crippen LogP contribution in [0.3, 0.4) is 0 Å². The van der Waals surface area contributed by atoms with Crippen LogP contribution in [0.1, 0.15) is 33.1 Å². The molecule has 0 aromatic heterocycles. The van der Waals surface area contributed by atoms with Gasteiger partial charge in [0, 0.05) is 26.2 Å². The number of hydrogen-bond acceptors (Lipinski definition) is 3. The van der Waals surface area contributed by atoms with Gasteiger partial charge in [0.25, 0.3) is 0 Å². The SMILES string of the molecule is CC(C)CCOCCNC(=O)N1CCC(C(=O)O)CC1. The summed E-state index contributed by atoms with van der Waals surface area (Å²) in [6.07, 6.45) is 2.10. The standard InChI is InChI=1S/C14H26N2O4/c1-11(2)5-9-20-10-6-15-14(19)16-7-3-12(4-8-16)13(17)18/h11-12H,3-10H2,1-2H3,(H,15,19)(H,17,18). The van der Waals surface area contributed by atoms with Gasteiger partial charge in [-0.1, -0.05) is 13.8 Å². The molecule has 1 rings (SSSR count). The number of ether oxygens (including phenoxy) is 1. The number of carbonyl (C=O) groups is 2. The van der Waals surface area contributed by atoms with Crippen molar-refractivity contribution in [2.45, 2.75) is 33.1 Å². The molecule has 0 aromatic rings. The predicted molar refractivity (Wildman–Crippen MR) is 75.6 cm³/mol. The minimum atomic E-state index is -0.761. The number of urea groups is 1. The number of carboxylic acid groups (broad SMARTS) is 1. The number of amides is 2. The third-order valence-electron chi connectivity index (χ3n) is 3.49. The summed E-state index contributed by atoms with van der Waals surface area (Å²) < 4.78 is 5.42. The van der Waals surface area contributed by atoms with Crippen LogP contribution in [0.2, 0.25) is 0 Å². The number of aliphatic carboxylic acids is 1. The molecule has 1 aliphatic heterocycles. The Bertz CT molecular complexity index is 312. The van der Waals surface area contributed by atoms with E-state index in [4.69, 9.17) is 9.84 Å². The second-order valence-electron chi connectivity index (χ2n) is 5.63. The van der Waals surface area contributed by atoms with E-state index in [2.05, 4.69) is 19.2 Å². The molecular weight excluding hydrogens is 260 g/mol. The molecule has 2 amide bonds. The van der Waals surface area contributed by atoms with Crippen LogP contribution in [0.4, 0.5) is 4.79 Å². The molecule has 20 heavy (non-hydrogen) atoms. The zero-order chi connectivity index (χ0) is 15.0. The summed E-state index contributed by atoms with van der Waals surface area (Å²) in [4.78, 5) is 24.3. The van der Waals surface area contributed by atoms with Crippen LogP contribution in [0.25, 0.3) is 0 Å². The highest BCUT2D eigenvalue weighted by molar-refractivity contribution is 5.75. The van der Waals surface area contributed by atoms with Gasteiger partial charge in [-0.15, -0.1) is 0 Å². The van der Waals surface area contributed by atoms with Crippen LogP contribution >= 0.6 is 0 Å². The smallest absolute Gasteiger partial charge is 0.317 e. The molecule has 6 nitrogen and oxygen atoms in total. The quantitative estimate of drug-likeness (QED) is 0.696. The van der Waals surface area contributed by atoms with E-state index in [9.17, 15) is 9.59 Å². The second kappa shape index (κ2) is 8.79. The van der Waals surface area contributed by atoms with Crippen molar-refractivity contribution in [2.24, 2.45) is 11.8 Å². The van der Waals surface area contributed by atoms with Crippen molar-refractivity contribution in [1.29, 1.82) is 0 Å². The summed E-state index contributed by atoms with van der Waals surface area (Å²) in [6, 6.07) is -0.124. The van der Waals surface area contributed by atoms with Gasteiger partial charge in [-0.25, -0.2) is 4.79 Å². The largest absolute Gasteiger partial charge is 0.481 e. The maximum Gasteiger partial charge on any atom is 0.317 e. The molecule has 116 valence electrons. The van der Waals surface area contributed by atoms with E-state index in [0.717, 1.165) is 13.0 Å². The van der Waals surface area contributed by atoms with E-state index < -0.39 is 5.97 Å². The molecule has 0 aromatic carbocycles. The maximum atomic E-state index is 11.8. The first-order valence-electron chi connectivity index (χ1n) is 7.34. The Morgan fingerprint density at radius 1 is 1.30 bits per heavy atom. The molecule has 0 radical (unpaired) electrons. The highest BCUT2D eigenvalue weighted by atomic mass is 16.5. The number of nitrogens with one attached hydrogen (secondary N) is 1. The molecule has 0 saturated carbocycles. The Kier molecular flexibility index (Phi) is 7.36. The average Bonchev–Trinajstić information content (AvgIpc) is 2.42. The Morgan fingerprint density at radius 2 is 1.95 bits per heavy atom. The summed E-state index contributed by atoms with van der Waals surface area (Å²) in [5.74, 6) is -0.442. The fraction of sp³-hybridized carbons (Fsp3) is 0.857. The van der Waals surface area contributed by atoms with E-state index in [1.807, 2.05) is 0 Å². The molecule has 2 N–H and O–H groups in total. The van der Waals surface area contributed by atoms with Gasteiger partial charge in [-0.2, -0.15) is 0 Å². The Hall–Kier alpha value is -1.30. The van der Waals surface area contributed by atoms with Crippen LogP contribution in [-0.2, 0) is 9.53 Å². The first-order chi connectivity index (χ1) is 9.50. The van der Waals surface area contributed by atoms with Gasteiger partial charge in [-0.3, -0.25) is 4.79 Å². The summed E-state index contributed by atoms with van der Waals surface area (Å²) in [6.45, 7) is 7.04. The lowest BCUT2D eigenvalue weighted by atomic mass is 9.97. The van der Waals surface area contributed by atoms with E-state index in [1.54, 1.807) is 4.90 Å². The van der Waals surface area contributed by atoms with Crippen LogP contribution in [0.5, 0.6) is 0 Å². The monoisotopic (exact) mass is 286 g/mol. The van der Waals surface area contributed by atoms with E-state index in [-0.39, 0.29) is 11.9 Å². The summed E-state index contributed by atoms with van der Waals surface area (Å²) >= 11 is 0. The van der Waals surface area contributed by atoms with Crippen LogP contribution in [0.15, 0.2) is 0 Å². The van der Waals surface area contributed by atoms with Crippen molar-refractivity contribution in [3.63, 3.8) is 0 Å². The van der Waals surface area contributed by atoms with Crippen molar-refractivity contribution in [3.8, 4) is 0 Å². The lowest BCUT2D eigenvalue weighted by Gasteiger charge is -2.30. The molecule has 0 atom stereocenters. The molecule has 0 aliphatic carbocycles. The number of hydrogen-bond donors (Lipinski definition) is 2. The molecular formula is C14H26N2O4. The molecule has 1 saturated heterocycles. The Labute approximate surface area is 120 Å². The molecule has 1 aliphatic rings. The van der Waals surface area contributed by atoms with Crippen LogP contribution < -0.4 is 5.32 Å². The number of piperidine rings is 1. The zero-order valence-electron chi connectivity index (χ0n) is 12.4. The second-order valence-corrected chi connectivity index (χ2v) is 5.63. The zero-order valence-corrected chi connectivity index (χ0v) is 12.4. The number of likely N-dealkylation sites (tertiary alicyclic amines) is 1. The minimum Gasteiger partial charge on any atom is -0.481 e. The normalized spacial score (nSPS) is 16.4. The summed E-state index contributed by atoms with van der Waals surface area (Å²) in [7, 11) is 0. The minimum absolute atomic E-state index is 0.124. The van der Waals surface area contributed by atoms with Crippen molar-refractivity contribution < 1.29 is 19.4 Å². The summed E-state index contributed by atoms with van der Waals surface area (Å²) in [5, 5.41) is 11.7. The Morgan fingerprint density at radius 3 is 2.50 bits per heavy atom. The van der Waals surface area contributed by atoms with Crippen molar-refractivity contribution in [1.82, 2.24) is 10.2 Å². The van der Waals surface area contributed by atoms with Gasteiger partial charge in [0.2, 0.25) is 0 Å². The number of nitrogens with zero attached hydrogens (tertiary/aromatic N) is 1. The van der Waals surface area contributed by atoms with Crippen LogP contribution in [-0.4, -0.2) is 54.9 Å². The van der Waals surface area contributed by atoms with Gasteiger partial charge in [0.1, 0.15) is 0 Å². The van der Waals surface area contributed by atoms with Crippen molar-refractivity contribution in [3.05, 3.63) is 0 Å². The molecule has 0 unspecified atom stereocenters. The predicted octanol–water partition coefficient (Wildman–Crippen LogP) is 1.56. The van der Waals surface area contributed by atoms with Gasteiger partial charge in [-0.05, 0) is 25.2 Å². The molecule has 1 fully saturated rings. The van der Waals surface area contributed by atoms with Gasteiger partial charge < -0.3 is 20.1 Å². The van der Waals surface area contributed by atoms with Crippen LogP contribution in [0, 0.1) is 11.8 Å². The topological polar surface area (TPSA) is 78.9 Å². The van der Waals surface area contributed by atoms with Gasteiger partial charge >= 0.3 is 12.0 Å². The van der Waals surface area contributed by atoms with Gasteiger partial charge in [0.05, 0.1) is 12.5 Å². The van der Waals surface area contributed by atoms with E-state index >= 15 is 0 Å². The molecule has 1 heterocycles. The summed E-state index contributed by atoms with van der Waals surface area (Å²) in [5.41, 5.74) is 0. The third kappa shape index (κ3) is 6.23. The fourth-order valence-corrected chi connectivity index (χ4v) is 2.09. The van der Waals surface area contributed by atoms with E-state index in [0.29, 0.717) is 45.0 Å². The maximum absolute atomic E-state index is 11.8. The average molecular weight is 286 g/mol. The lowest BCUT2D eigenvalue weighted by Crippen LogP contribution is -2.46. The highest BCUT2D eigenvalue weighted by Crippen LogP contribution is 2.16. The highest BCUT2D eigenvalue weighted by Gasteiger charge is 2.26. The molecule has 0 spiro atoms. The first-order valence-corrected chi connectivity index (χ1v) is 7.34. The molecule has 0 bridgehead atoms. The fourth-order valence-electron chi connectivity index (χ4n) is 2.09.